The third kappa shape index (κ3) is 5.28. The molecule has 2 aromatic carbocycles. The van der Waals surface area contributed by atoms with E-state index in [0.717, 1.165) is 29.7 Å². The third-order valence-electron chi connectivity index (χ3n) is 3.54. The van der Waals surface area contributed by atoms with Crippen molar-refractivity contribution in [3.8, 4) is 5.75 Å². The number of aliphatic hydroxyl groups is 1. The molecule has 0 aliphatic rings. The van der Waals surface area contributed by atoms with Crippen molar-refractivity contribution in [1.29, 1.82) is 0 Å². The molecule has 0 aliphatic carbocycles. The fourth-order valence-electron chi connectivity index (χ4n) is 2.21. The second-order valence-electron chi connectivity index (χ2n) is 5.38. The van der Waals surface area contributed by atoms with Crippen molar-refractivity contribution in [3.63, 3.8) is 0 Å². The van der Waals surface area contributed by atoms with E-state index in [4.69, 9.17) is 4.74 Å². The van der Waals surface area contributed by atoms with Crippen LogP contribution in [0.1, 0.15) is 43.7 Å². The average molecular weight is 296 g/mol. The van der Waals surface area contributed by atoms with Crippen molar-refractivity contribution < 1.29 is 9.84 Å². The van der Waals surface area contributed by atoms with Gasteiger partial charge >= 0.3 is 0 Å². The standard InChI is InChI=1S/C20H24O2/c1-2-3-4-8-11-20(21)18-12-14-19(15-13-18)22-16-17-9-6-5-7-10-17/h5-7,9-15,21H,2-4,8,16H2,1H3/b20-11+. The molecule has 2 nitrogen and oxygen atoms in total. The minimum Gasteiger partial charge on any atom is -0.508 e. The molecule has 0 atom stereocenters. The number of unbranched alkanes of at least 4 members (excludes halogenated alkanes) is 3. The molecule has 0 saturated carbocycles. The molecule has 0 unspecified atom stereocenters. The smallest absolute Gasteiger partial charge is 0.119 e. The minimum absolute atomic E-state index is 0.353. The number of hydrogen-bond donors (Lipinski definition) is 1. The Bertz CT molecular complexity index is 570. The van der Waals surface area contributed by atoms with E-state index in [1.165, 1.54) is 12.8 Å². The summed E-state index contributed by atoms with van der Waals surface area (Å²) in [6, 6.07) is 17.7. The fraction of sp³-hybridized carbons (Fsp3) is 0.300. The summed E-state index contributed by atoms with van der Waals surface area (Å²) in [5.41, 5.74) is 1.98. The lowest BCUT2D eigenvalue weighted by Crippen LogP contribution is -1.95. The average Bonchev–Trinajstić information content (AvgIpc) is 2.58. The van der Waals surface area contributed by atoms with Crippen molar-refractivity contribution in [2.75, 3.05) is 0 Å². The highest BCUT2D eigenvalue weighted by Crippen LogP contribution is 2.19. The molecule has 116 valence electrons. The molecule has 22 heavy (non-hydrogen) atoms. The molecule has 2 heteroatoms. The predicted octanol–water partition coefficient (Wildman–Crippen LogP) is 5.74. The van der Waals surface area contributed by atoms with Gasteiger partial charge in [0, 0.05) is 5.56 Å². The van der Waals surface area contributed by atoms with Gasteiger partial charge in [0.1, 0.15) is 18.1 Å². The van der Waals surface area contributed by atoms with Gasteiger partial charge in [-0.05, 0) is 48.7 Å². The molecule has 0 spiro atoms. The Morgan fingerprint density at radius 2 is 1.73 bits per heavy atom. The molecule has 1 N–H and O–H groups in total. The van der Waals surface area contributed by atoms with Gasteiger partial charge in [0.15, 0.2) is 0 Å². The quantitative estimate of drug-likeness (QED) is 0.497. The monoisotopic (exact) mass is 296 g/mol. The van der Waals surface area contributed by atoms with Crippen molar-refractivity contribution in [2.45, 2.75) is 39.2 Å². The number of rotatable bonds is 8. The zero-order valence-corrected chi connectivity index (χ0v) is 13.2. The second kappa shape index (κ2) is 8.93. The van der Waals surface area contributed by atoms with E-state index < -0.39 is 0 Å². The van der Waals surface area contributed by atoms with Crippen LogP contribution in [0, 0.1) is 0 Å². The molecular weight excluding hydrogens is 272 g/mol. The van der Waals surface area contributed by atoms with E-state index in [2.05, 4.69) is 6.92 Å². The van der Waals surface area contributed by atoms with Crippen LogP contribution in [0.2, 0.25) is 0 Å². The summed E-state index contributed by atoms with van der Waals surface area (Å²) in [6.07, 6.45) is 6.35. The molecule has 0 amide bonds. The Morgan fingerprint density at radius 3 is 2.41 bits per heavy atom. The summed E-state index contributed by atoms with van der Waals surface area (Å²) in [5, 5.41) is 10.0. The highest BCUT2D eigenvalue weighted by molar-refractivity contribution is 5.58. The molecule has 2 rings (SSSR count). The van der Waals surface area contributed by atoms with Crippen LogP contribution < -0.4 is 4.74 Å². The first-order valence-corrected chi connectivity index (χ1v) is 7.96. The zero-order valence-electron chi connectivity index (χ0n) is 13.2. The second-order valence-corrected chi connectivity index (χ2v) is 5.38. The van der Waals surface area contributed by atoms with E-state index in [1.807, 2.05) is 60.7 Å². The van der Waals surface area contributed by atoms with Crippen molar-refractivity contribution in [1.82, 2.24) is 0 Å². The maximum atomic E-state index is 10.0. The highest BCUT2D eigenvalue weighted by Gasteiger charge is 2.00. The topological polar surface area (TPSA) is 29.5 Å². The van der Waals surface area contributed by atoms with E-state index in [1.54, 1.807) is 0 Å². The molecule has 0 heterocycles. The van der Waals surface area contributed by atoms with Crippen LogP contribution >= 0.6 is 0 Å². The molecule has 0 aromatic heterocycles. The van der Waals surface area contributed by atoms with Gasteiger partial charge in [-0.1, -0.05) is 50.1 Å². The van der Waals surface area contributed by atoms with Crippen molar-refractivity contribution in [2.24, 2.45) is 0 Å². The molecule has 0 bridgehead atoms. The van der Waals surface area contributed by atoms with Gasteiger partial charge in [-0.25, -0.2) is 0 Å². The maximum Gasteiger partial charge on any atom is 0.119 e. The van der Waals surface area contributed by atoms with Gasteiger partial charge < -0.3 is 9.84 Å². The van der Waals surface area contributed by atoms with Crippen LogP contribution in [0.4, 0.5) is 0 Å². The lowest BCUT2D eigenvalue weighted by atomic mass is 10.1. The molecule has 0 radical (unpaired) electrons. The van der Waals surface area contributed by atoms with Crippen molar-refractivity contribution >= 4 is 5.76 Å². The number of hydrogen-bond acceptors (Lipinski definition) is 2. The molecule has 0 aliphatic heterocycles. The van der Waals surface area contributed by atoms with Crippen LogP contribution in [-0.2, 0) is 6.61 Å². The molecule has 0 fully saturated rings. The summed E-state index contributed by atoms with van der Waals surface area (Å²) >= 11 is 0. The Morgan fingerprint density at radius 1 is 1.00 bits per heavy atom. The van der Waals surface area contributed by atoms with Crippen LogP contribution in [-0.4, -0.2) is 5.11 Å². The van der Waals surface area contributed by atoms with Gasteiger partial charge in [0.2, 0.25) is 0 Å². The highest BCUT2D eigenvalue weighted by atomic mass is 16.5. The molecule has 0 saturated heterocycles. The van der Waals surface area contributed by atoms with Gasteiger partial charge in [-0.15, -0.1) is 0 Å². The number of aliphatic hydroxyl groups excluding tert-OH is 1. The molecule has 2 aromatic rings. The predicted molar refractivity (Wildman–Crippen MR) is 92.0 cm³/mol. The Balaban J connectivity index is 1.87. The third-order valence-corrected chi connectivity index (χ3v) is 3.54. The first kappa shape index (κ1) is 16.2. The zero-order chi connectivity index (χ0) is 15.6. The molecular formula is C20H24O2. The van der Waals surface area contributed by atoms with E-state index in [9.17, 15) is 5.11 Å². The summed E-state index contributed by atoms with van der Waals surface area (Å²) < 4.78 is 5.74. The Hall–Kier alpha value is -2.22. The number of allylic oxidation sites excluding steroid dienone is 1. The van der Waals surface area contributed by atoms with Crippen LogP contribution in [0.5, 0.6) is 5.75 Å². The van der Waals surface area contributed by atoms with Crippen molar-refractivity contribution in [3.05, 3.63) is 71.8 Å². The fourth-order valence-corrected chi connectivity index (χ4v) is 2.21. The largest absolute Gasteiger partial charge is 0.508 e. The first-order valence-electron chi connectivity index (χ1n) is 7.96. The van der Waals surface area contributed by atoms with E-state index in [0.29, 0.717) is 12.4 Å². The summed E-state index contributed by atoms with van der Waals surface area (Å²) in [4.78, 5) is 0. The normalized spacial score (nSPS) is 11.4. The minimum atomic E-state index is 0.353. The van der Waals surface area contributed by atoms with E-state index in [-0.39, 0.29) is 0 Å². The van der Waals surface area contributed by atoms with Gasteiger partial charge in [-0.2, -0.15) is 0 Å². The Labute approximate surface area is 133 Å². The van der Waals surface area contributed by atoms with Crippen LogP contribution in [0.25, 0.3) is 5.76 Å². The number of benzene rings is 2. The SMILES string of the molecule is CCCCC/C=C(/O)c1ccc(OCc2ccccc2)cc1. The summed E-state index contributed by atoms with van der Waals surface area (Å²) in [6.45, 7) is 2.73. The first-order chi connectivity index (χ1) is 10.8. The van der Waals surface area contributed by atoms with Gasteiger partial charge in [-0.3, -0.25) is 0 Å². The number of ether oxygens (including phenoxy) is 1. The maximum absolute atomic E-state index is 10.0. The summed E-state index contributed by atoms with van der Waals surface area (Å²) in [7, 11) is 0. The summed E-state index contributed by atoms with van der Waals surface area (Å²) in [5.74, 6) is 1.16. The van der Waals surface area contributed by atoms with Gasteiger partial charge in [0.25, 0.3) is 0 Å². The Kier molecular flexibility index (Phi) is 6.56. The lowest BCUT2D eigenvalue weighted by molar-refractivity contribution is 0.306. The van der Waals surface area contributed by atoms with Gasteiger partial charge in [0.05, 0.1) is 0 Å². The van der Waals surface area contributed by atoms with Crippen LogP contribution in [0.3, 0.4) is 0 Å². The van der Waals surface area contributed by atoms with E-state index >= 15 is 0 Å². The van der Waals surface area contributed by atoms with Crippen LogP contribution in [0.15, 0.2) is 60.7 Å². The lowest BCUT2D eigenvalue weighted by Gasteiger charge is -2.07.